The molecule has 4 aromatic rings. The summed E-state index contributed by atoms with van der Waals surface area (Å²) in [4.78, 5) is 17.0. The number of nitrogens with zero attached hydrogens (tertiary/aromatic N) is 1. The second-order valence-corrected chi connectivity index (χ2v) is 5.78. The Morgan fingerprint density at radius 3 is 2.32 bits per heavy atom. The van der Waals surface area contributed by atoms with Crippen molar-refractivity contribution >= 4 is 16.7 Å². The van der Waals surface area contributed by atoms with E-state index in [4.69, 9.17) is 0 Å². The van der Waals surface area contributed by atoms with Gasteiger partial charge >= 0.3 is 0 Å². The average Bonchev–Trinajstić information content (AvgIpc) is 2.67. The summed E-state index contributed by atoms with van der Waals surface area (Å²) in [6.45, 7) is 0. The molecule has 25 heavy (non-hydrogen) atoms. The smallest absolute Gasteiger partial charge is 0.214 e. The molecule has 1 aromatic heterocycles. The summed E-state index contributed by atoms with van der Waals surface area (Å²) in [6, 6.07) is 25.2. The van der Waals surface area contributed by atoms with Gasteiger partial charge in [0, 0.05) is 5.39 Å². The Kier molecular flexibility index (Phi) is 3.82. The van der Waals surface area contributed by atoms with E-state index in [-0.39, 0.29) is 11.3 Å². The number of para-hydroxylation sites is 1. The molecule has 0 unspecified atom stereocenters. The first-order valence-corrected chi connectivity index (χ1v) is 7.98. The minimum atomic E-state index is -0.540. The minimum Gasteiger partial charge on any atom is -0.287 e. The van der Waals surface area contributed by atoms with E-state index < -0.39 is 11.6 Å². The van der Waals surface area contributed by atoms with Gasteiger partial charge in [-0.05, 0) is 35.4 Å². The van der Waals surface area contributed by atoms with Crippen LogP contribution >= 0.6 is 0 Å². The van der Waals surface area contributed by atoms with Gasteiger partial charge in [-0.15, -0.1) is 0 Å². The fraction of sp³-hybridized carbons (Fsp3) is 0. The van der Waals surface area contributed by atoms with Crippen molar-refractivity contribution < 1.29 is 9.18 Å². The van der Waals surface area contributed by atoms with E-state index in [1.54, 1.807) is 12.1 Å². The monoisotopic (exact) mass is 327 g/mol. The van der Waals surface area contributed by atoms with Gasteiger partial charge in [-0.1, -0.05) is 60.7 Å². The minimum absolute atomic E-state index is 0.0301. The van der Waals surface area contributed by atoms with Gasteiger partial charge in [0.2, 0.25) is 5.78 Å². The molecular formula is C22H14FNO. The van der Waals surface area contributed by atoms with Crippen LogP contribution in [0, 0.1) is 5.82 Å². The third kappa shape index (κ3) is 2.92. The highest BCUT2D eigenvalue weighted by molar-refractivity contribution is 6.09. The fourth-order valence-corrected chi connectivity index (χ4v) is 2.84. The molecule has 0 amide bonds. The number of fused-ring (bicyclic) bond motifs is 1. The van der Waals surface area contributed by atoms with E-state index in [1.165, 1.54) is 12.1 Å². The van der Waals surface area contributed by atoms with Gasteiger partial charge in [0.1, 0.15) is 11.5 Å². The molecule has 0 atom stereocenters. The molecule has 120 valence electrons. The summed E-state index contributed by atoms with van der Waals surface area (Å²) < 4.78 is 14.5. The number of hydrogen-bond donors (Lipinski definition) is 0. The van der Waals surface area contributed by atoms with Crippen LogP contribution in [0.1, 0.15) is 16.1 Å². The Morgan fingerprint density at radius 2 is 1.52 bits per heavy atom. The second-order valence-electron chi connectivity index (χ2n) is 5.78. The number of pyridine rings is 1. The van der Waals surface area contributed by atoms with Crippen molar-refractivity contribution in [1.82, 2.24) is 4.98 Å². The number of carbonyl (C=O) groups excluding carboxylic acids is 1. The van der Waals surface area contributed by atoms with E-state index in [2.05, 4.69) is 4.98 Å². The Labute approximate surface area is 144 Å². The number of aromatic nitrogens is 1. The van der Waals surface area contributed by atoms with E-state index in [9.17, 15) is 9.18 Å². The van der Waals surface area contributed by atoms with Crippen LogP contribution in [0.15, 0.2) is 84.9 Å². The van der Waals surface area contributed by atoms with Gasteiger partial charge in [0.25, 0.3) is 0 Å². The summed E-state index contributed by atoms with van der Waals surface area (Å²) in [6.07, 6.45) is 0. The van der Waals surface area contributed by atoms with E-state index in [0.717, 1.165) is 22.0 Å². The summed E-state index contributed by atoms with van der Waals surface area (Å²) in [5.74, 6) is -0.954. The van der Waals surface area contributed by atoms with Crippen molar-refractivity contribution in [3.05, 3.63) is 102 Å². The van der Waals surface area contributed by atoms with Crippen LogP contribution in [0.4, 0.5) is 4.39 Å². The summed E-state index contributed by atoms with van der Waals surface area (Å²) in [7, 11) is 0. The molecule has 0 radical (unpaired) electrons. The third-order valence-electron chi connectivity index (χ3n) is 4.15. The number of hydrogen-bond acceptors (Lipinski definition) is 2. The first kappa shape index (κ1) is 15.2. The van der Waals surface area contributed by atoms with Gasteiger partial charge in [0.05, 0.1) is 11.1 Å². The van der Waals surface area contributed by atoms with Crippen LogP contribution in [0.5, 0.6) is 0 Å². The van der Waals surface area contributed by atoms with Crippen LogP contribution in [0.2, 0.25) is 0 Å². The number of carbonyl (C=O) groups is 1. The molecule has 0 aliphatic heterocycles. The largest absolute Gasteiger partial charge is 0.287 e. The Balaban J connectivity index is 1.72. The molecule has 4 rings (SSSR count). The SMILES string of the molecule is O=C(c1ccc2ccccc2n1)c1ccc(-c2ccccc2)cc1F. The van der Waals surface area contributed by atoms with Crippen molar-refractivity contribution in [3.63, 3.8) is 0 Å². The first-order valence-electron chi connectivity index (χ1n) is 7.98. The number of ketones is 1. The lowest BCUT2D eigenvalue weighted by molar-refractivity contribution is 0.103. The Morgan fingerprint density at radius 1 is 0.760 bits per heavy atom. The normalized spacial score (nSPS) is 10.8. The standard InChI is InChI=1S/C22H14FNO/c23-19-14-17(15-6-2-1-3-7-15)10-12-18(19)22(25)21-13-11-16-8-4-5-9-20(16)24-21/h1-14H. The maximum atomic E-state index is 14.5. The molecule has 3 aromatic carbocycles. The zero-order valence-electron chi connectivity index (χ0n) is 13.3. The van der Waals surface area contributed by atoms with E-state index >= 15 is 0 Å². The van der Waals surface area contributed by atoms with Crippen molar-refractivity contribution in [2.75, 3.05) is 0 Å². The molecule has 1 heterocycles. The summed E-state index contributed by atoms with van der Waals surface area (Å²) >= 11 is 0. The molecule has 0 fully saturated rings. The number of rotatable bonds is 3. The Hall–Kier alpha value is -3.33. The molecule has 0 saturated carbocycles. The lowest BCUT2D eigenvalue weighted by Crippen LogP contribution is -2.06. The third-order valence-corrected chi connectivity index (χ3v) is 4.15. The molecule has 3 heteroatoms. The predicted octanol–water partition coefficient (Wildman–Crippen LogP) is 5.27. The van der Waals surface area contributed by atoms with Crippen LogP contribution < -0.4 is 0 Å². The maximum Gasteiger partial charge on any atom is 0.214 e. The van der Waals surface area contributed by atoms with Crippen molar-refractivity contribution in [1.29, 1.82) is 0 Å². The maximum absolute atomic E-state index is 14.5. The van der Waals surface area contributed by atoms with Gasteiger partial charge in [-0.25, -0.2) is 9.37 Å². The quantitative estimate of drug-likeness (QED) is 0.480. The molecule has 0 saturated heterocycles. The van der Waals surface area contributed by atoms with Crippen molar-refractivity contribution in [3.8, 4) is 11.1 Å². The van der Waals surface area contributed by atoms with Crippen molar-refractivity contribution in [2.45, 2.75) is 0 Å². The number of halogens is 1. The average molecular weight is 327 g/mol. The lowest BCUT2D eigenvalue weighted by atomic mass is 10.0. The molecule has 2 nitrogen and oxygen atoms in total. The van der Waals surface area contributed by atoms with Crippen molar-refractivity contribution in [2.24, 2.45) is 0 Å². The molecular weight excluding hydrogens is 313 g/mol. The van der Waals surface area contributed by atoms with Crippen LogP contribution in [-0.2, 0) is 0 Å². The highest BCUT2D eigenvalue weighted by Gasteiger charge is 2.16. The zero-order valence-corrected chi connectivity index (χ0v) is 13.3. The van der Waals surface area contributed by atoms with E-state index in [0.29, 0.717) is 0 Å². The van der Waals surface area contributed by atoms with Gasteiger partial charge in [-0.2, -0.15) is 0 Å². The van der Waals surface area contributed by atoms with Crippen LogP contribution in [0.3, 0.4) is 0 Å². The van der Waals surface area contributed by atoms with Gasteiger partial charge in [-0.3, -0.25) is 4.79 Å². The van der Waals surface area contributed by atoms with Gasteiger partial charge in [0.15, 0.2) is 0 Å². The highest BCUT2D eigenvalue weighted by Crippen LogP contribution is 2.23. The second kappa shape index (κ2) is 6.29. The summed E-state index contributed by atoms with van der Waals surface area (Å²) in [5, 5.41) is 0.943. The fourth-order valence-electron chi connectivity index (χ4n) is 2.84. The highest BCUT2D eigenvalue weighted by atomic mass is 19.1. The van der Waals surface area contributed by atoms with E-state index in [1.807, 2.05) is 60.7 Å². The Bertz CT molecular complexity index is 1070. The van der Waals surface area contributed by atoms with Crippen LogP contribution in [0.25, 0.3) is 22.0 Å². The first-order chi connectivity index (χ1) is 12.2. The molecule has 0 bridgehead atoms. The zero-order chi connectivity index (χ0) is 17.2. The molecule has 0 aliphatic rings. The lowest BCUT2D eigenvalue weighted by Gasteiger charge is -2.07. The topological polar surface area (TPSA) is 30.0 Å². The molecule has 0 spiro atoms. The summed E-state index contributed by atoms with van der Waals surface area (Å²) in [5.41, 5.74) is 2.63. The van der Waals surface area contributed by atoms with Crippen LogP contribution in [-0.4, -0.2) is 10.8 Å². The number of benzene rings is 3. The molecule has 0 aliphatic carbocycles. The predicted molar refractivity (Wildman–Crippen MR) is 97.0 cm³/mol. The molecule has 0 N–H and O–H groups in total. The van der Waals surface area contributed by atoms with Gasteiger partial charge < -0.3 is 0 Å².